The summed E-state index contributed by atoms with van der Waals surface area (Å²) in [5, 5.41) is 10.5. The molecule has 0 heterocycles. The van der Waals surface area contributed by atoms with Crippen molar-refractivity contribution in [3.63, 3.8) is 0 Å². The van der Waals surface area contributed by atoms with Crippen molar-refractivity contribution in [1.82, 2.24) is 0 Å². The van der Waals surface area contributed by atoms with Crippen LogP contribution in [0.15, 0.2) is 59.5 Å². The Morgan fingerprint density at radius 1 is 1.00 bits per heavy atom. The first kappa shape index (κ1) is 14.8. The van der Waals surface area contributed by atoms with E-state index in [0.29, 0.717) is 5.56 Å². The Bertz CT molecular complexity index is 671. The molecule has 1 atom stereocenters. The first-order chi connectivity index (χ1) is 9.31. The summed E-state index contributed by atoms with van der Waals surface area (Å²) < 4.78 is 24.7. The molecule has 0 amide bonds. The fourth-order valence-electron chi connectivity index (χ4n) is 2.08. The second-order valence-electron chi connectivity index (χ2n) is 5.21. The van der Waals surface area contributed by atoms with Crippen LogP contribution >= 0.6 is 0 Å². The van der Waals surface area contributed by atoms with E-state index in [-0.39, 0.29) is 10.6 Å². The molecule has 0 unspecified atom stereocenters. The molecule has 0 fully saturated rings. The second kappa shape index (κ2) is 5.38. The molecule has 0 aliphatic carbocycles. The number of sulfone groups is 1. The Hall–Kier alpha value is -1.65. The molecule has 1 N–H and O–H groups in total. The summed E-state index contributed by atoms with van der Waals surface area (Å²) in [5.41, 5.74) is 0.180. The summed E-state index contributed by atoms with van der Waals surface area (Å²) in [5.74, 6) is -0.340. The monoisotopic (exact) mass is 290 g/mol. The first-order valence-electron chi connectivity index (χ1n) is 6.39. The van der Waals surface area contributed by atoms with E-state index < -0.39 is 15.4 Å². The van der Waals surface area contributed by atoms with Crippen LogP contribution in [0.2, 0.25) is 0 Å². The van der Waals surface area contributed by atoms with Gasteiger partial charge in [-0.05, 0) is 31.5 Å². The number of rotatable bonds is 4. The highest BCUT2D eigenvalue weighted by Gasteiger charge is 2.31. The molecule has 0 radical (unpaired) electrons. The minimum absolute atomic E-state index is 0.235. The van der Waals surface area contributed by atoms with Gasteiger partial charge in [0.15, 0.2) is 9.84 Å². The fraction of sp³-hybridized carbons (Fsp3) is 0.250. The number of hydrogen-bond donors (Lipinski definition) is 1. The number of hydrogen-bond acceptors (Lipinski definition) is 3. The Labute approximate surface area is 119 Å². The summed E-state index contributed by atoms with van der Waals surface area (Å²) in [6.07, 6.45) is 0. The van der Waals surface area contributed by atoms with Crippen molar-refractivity contribution in [1.29, 1.82) is 0 Å². The zero-order valence-electron chi connectivity index (χ0n) is 11.6. The molecule has 0 aromatic heterocycles. The largest absolute Gasteiger partial charge is 0.384 e. The van der Waals surface area contributed by atoms with E-state index in [2.05, 4.69) is 0 Å². The molecule has 2 rings (SSSR count). The second-order valence-corrected chi connectivity index (χ2v) is 7.20. The van der Waals surface area contributed by atoms with Gasteiger partial charge in [-0.2, -0.15) is 0 Å². The number of benzene rings is 2. The van der Waals surface area contributed by atoms with E-state index >= 15 is 0 Å². The van der Waals surface area contributed by atoms with Crippen molar-refractivity contribution in [2.75, 3.05) is 5.75 Å². The first-order valence-corrected chi connectivity index (χ1v) is 8.04. The normalized spacial score (nSPS) is 14.8. The molecule has 2 aromatic carbocycles. The molecule has 0 aliphatic heterocycles. The summed E-state index contributed by atoms with van der Waals surface area (Å²) in [6.45, 7) is 3.42. The van der Waals surface area contributed by atoms with E-state index in [1.54, 1.807) is 48.5 Å². The lowest BCUT2D eigenvalue weighted by atomic mass is 9.99. The van der Waals surface area contributed by atoms with Crippen LogP contribution in [0.3, 0.4) is 0 Å². The van der Waals surface area contributed by atoms with Gasteiger partial charge in [-0.15, -0.1) is 0 Å². The Morgan fingerprint density at radius 3 is 2.10 bits per heavy atom. The predicted molar refractivity (Wildman–Crippen MR) is 79.2 cm³/mol. The van der Waals surface area contributed by atoms with Crippen molar-refractivity contribution < 1.29 is 13.5 Å². The van der Waals surface area contributed by atoms with Crippen LogP contribution < -0.4 is 0 Å². The third-order valence-electron chi connectivity index (χ3n) is 3.25. The van der Waals surface area contributed by atoms with E-state index in [4.69, 9.17) is 0 Å². The van der Waals surface area contributed by atoms with Crippen LogP contribution in [0.5, 0.6) is 0 Å². The SMILES string of the molecule is Cc1ccc(S(=O)(=O)C[C@](C)(O)c2ccccc2)cc1. The van der Waals surface area contributed by atoms with E-state index in [0.717, 1.165) is 5.56 Å². The lowest BCUT2D eigenvalue weighted by Gasteiger charge is -2.23. The van der Waals surface area contributed by atoms with Crippen molar-refractivity contribution >= 4 is 9.84 Å². The Morgan fingerprint density at radius 2 is 1.55 bits per heavy atom. The maximum Gasteiger partial charge on any atom is 0.181 e. The molecule has 0 saturated carbocycles. The molecule has 0 saturated heterocycles. The van der Waals surface area contributed by atoms with Crippen LogP contribution in [0.1, 0.15) is 18.1 Å². The zero-order valence-corrected chi connectivity index (χ0v) is 12.4. The third kappa shape index (κ3) is 3.26. The summed E-state index contributed by atoms with van der Waals surface area (Å²) in [4.78, 5) is 0.235. The topological polar surface area (TPSA) is 54.4 Å². The van der Waals surface area contributed by atoms with Crippen LogP contribution in [0.25, 0.3) is 0 Å². The van der Waals surface area contributed by atoms with Crippen LogP contribution in [0, 0.1) is 6.92 Å². The lowest BCUT2D eigenvalue weighted by molar-refractivity contribution is 0.0819. The average Bonchev–Trinajstić information content (AvgIpc) is 2.39. The zero-order chi connectivity index (χ0) is 14.8. The van der Waals surface area contributed by atoms with Gasteiger partial charge >= 0.3 is 0 Å². The van der Waals surface area contributed by atoms with Crippen LogP contribution in [0.4, 0.5) is 0 Å². The van der Waals surface area contributed by atoms with Gasteiger partial charge in [0.1, 0.15) is 5.60 Å². The highest BCUT2D eigenvalue weighted by molar-refractivity contribution is 7.91. The maximum absolute atomic E-state index is 12.4. The summed E-state index contributed by atoms with van der Waals surface area (Å²) >= 11 is 0. The molecule has 3 nitrogen and oxygen atoms in total. The minimum Gasteiger partial charge on any atom is -0.384 e. The minimum atomic E-state index is -3.53. The molecule has 2 aromatic rings. The van der Waals surface area contributed by atoms with Crippen molar-refractivity contribution in [3.8, 4) is 0 Å². The smallest absolute Gasteiger partial charge is 0.181 e. The molecular formula is C16H18O3S. The fourth-order valence-corrected chi connectivity index (χ4v) is 3.70. The van der Waals surface area contributed by atoms with Crippen LogP contribution in [-0.4, -0.2) is 19.3 Å². The highest BCUT2D eigenvalue weighted by atomic mass is 32.2. The molecule has 20 heavy (non-hydrogen) atoms. The van der Waals surface area contributed by atoms with Gasteiger partial charge in [-0.1, -0.05) is 48.0 Å². The summed E-state index contributed by atoms with van der Waals surface area (Å²) in [7, 11) is -3.53. The van der Waals surface area contributed by atoms with E-state index in [1.807, 2.05) is 13.0 Å². The molecule has 106 valence electrons. The summed E-state index contributed by atoms with van der Waals surface area (Å²) in [6, 6.07) is 15.5. The quantitative estimate of drug-likeness (QED) is 0.942. The van der Waals surface area contributed by atoms with Crippen molar-refractivity contribution in [3.05, 3.63) is 65.7 Å². The Kier molecular flexibility index (Phi) is 3.97. The van der Waals surface area contributed by atoms with Gasteiger partial charge in [-0.25, -0.2) is 8.42 Å². The van der Waals surface area contributed by atoms with Gasteiger partial charge in [0.2, 0.25) is 0 Å². The van der Waals surface area contributed by atoms with Gasteiger partial charge in [0.25, 0.3) is 0 Å². The maximum atomic E-state index is 12.4. The molecule has 0 aliphatic rings. The lowest BCUT2D eigenvalue weighted by Crippen LogP contribution is -2.31. The average molecular weight is 290 g/mol. The van der Waals surface area contributed by atoms with Gasteiger partial charge in [-0.3, -0.25) is 0 Å². The van der Waals surface area contributed by atoms with Gasteiger partial charge in [0, 0.05) is 0 Å². The molecule has 0 bridgehead atoms. The molecular weight excluding hydrogens is 272 g/mol. The Balaban J connectivity index is 2.30. The number of aliphatic hydroxyl groups is 1. The third-order valence-corrected chi connectivity index (χ3v) is 5.18. The van der Waals surface area contributed by atoms with Gasteiger partial charge in [0.05, 0.1) is 10.6 Å². The van der Waals surface area contributed by atoms with Gasteiger partial charge < -0.3 is 5.11 Å². The van der Waals surface area contributed by atoms with Crippen molar-refractivity contribution in [2.45, 2.75) is 24.3 Å². The van der Waals surface area contributed by atoms with E-state index in [1.165, 1.54) is 6.92 Å². The van der Waals surface area contributed by atoms with Crippen molar-refractivity contribution in [2.24, 2.45) is 0 Å². The highest BCUT2D eigenvalue weighted by Crippen LogP contribution is 2.25. The predicted octanol–water partition coefficient (Wildman–Crippen LogP) is 2.68. The van der Waals surface area contributed by atoms with Crippen LogP contribution in [-0.2, 0) is 15.4 Å². The molecule has 4 heteroatoms. The molecule has 0 spiro atoms. The number of aryl methyl sites for hydroxylation is 1. The van der Waals surface area contributed by atoms with E-state index in [9.17, 15) is 13.5 Å². The standard InChI is InChI=1S/C16H18O3S/c1-13-8-10-15(11-9-13)20(18,19)12-16(2,17)14-6-4-3-5-7-14/h3-11,17H,12H2,1-2H3/t16-/m0/s1.